The molecule has 774 valence electrons. The number of hydrogen-bond acceptors (Lipinski definition) is 55. The minimum atomic E-state index is -2.82. The van der Waals surface area contributed by atoms with Crippen molar-refractivity contribution in [3.8, 4) is 0 Å². The Hall–Kier alpha value is -4.65. The van der Waals surface area contributed by atoms with Gasteiger partial charge in [-0.25, -0.2) is 4.79 Å². The van der Waals surface area contributed by atoms with E-state index in [2.05, 4.69) is 21.3 Å². The molecule has 34 N–H and O–H groups in total. The Kier molecular flexibility index (Phi) is 38.9. The summed E-state index contributed by atoms with van der Waals surface area (Å²) in [6.07, 6.45) is -113. The fourth-order valence-electron chi connectivity index (χ4n) is 17.3. The van der Waals surface area contributed by atoms with Crippen molar-refractivity contribution in [2.24, 2.45) is 0 Å². The first-order valence-electron chi connectivity index (χ1n) is 42.5. The normalized spacial score (nSPS) is 49.8. The van der Waals surface area contributed by atoms with Gasteiger partial charge in [-0.1, -0.05) is 0 Å². The molecule has 11 saturated heterocycles. The monoisotopic (exact) mass is 1960 g/mol. The Morgan fingerprint density at radius 1 is 0.231 bits per heavy atom. The molecular formula is C74H122N4O56. The molecule has 0 aromatic carbocycles. The number of aliphatic hydroxyl groups is 29. The molecule has 0 aromatic rings. The summed E-state index contributed by atoms with van der Waals surface area (Å²) in [6.45, 7) is -5.98. The van der Waals surface area contributed by atoms with Crippen LogP contribution in [0.5, 0.6) is 0 Å². The maximum absolute atomic E-state index is 13.5. The quantitative estimate of drug-likeness (QED) is 0.0284. The minimum absolute atomic E-state index is 0.848. The van der Waals surface area contributed by atoms with E-state index in [0.717, 1.165) is 27.7 Å². The number of carbonyl (C=O) groups is 5. The van der Waals surface area contributed by atoms with E-state index in [-0.39, 0.29) is 0 Å². The van der Waals surface area contributed by atoms with Crippen LogP contribution in [-0.2, 0) is 123 Å². The summed E-state index contributed by atoms with van der Waals surface area (Å²) >= 11 is 0. The van der Waals surface area contributed by atoms with Crippen LogP contribution >= 0.6 is 0 Å². The molecule has 4 amide bonds. The highest BCUT2D eigenvalue weighted by molar-refractivity contribution is 5.75. The second-order valence-electron chi connectivity index (χ2n) is 33.8. The summed E-state index contributed by atoms with van der Waals surface area (Å²) in [5.74, 6) is -5.94. The lowest BCUT2D eigenvalue weighted by Crippen LogP contribution is -2.71. The molecule has 11 heterocycles. The Labute approximate surface area is 757 Å². The van der Waals surface area contributed by atoms with E-state index in [1.165, 1.54) is 6.92 Å². The van der Waals surface area contributed by atoms with Gasteiger partial charge in [0.05, 0.1) is 65.6 Å². The smallest absolute Gasteiger partial charge is 0.335 e. The van der Waals surface area contributed by atoms with Gasteiger partial charge in [-0.15, -0.1) is 0 Å². The molecule has 0 aromatic heterocycles. The summed E-state index contributed by atoms with van der Waals surface area (Å²) in [4.78, 5) is 64.6. The maximum Gasteiger partial charge on any atom is 0.335 e. The largest absolute Gasteiger partial charge is 0.479 e. The molecule has 60 heteroatoms. The zero-order valence-corrected chi connectivity index (χ0v) is 71.6. The fourth-order valence-corrected chi connectivity index (χ4v) is 17.3. The maximum atomic E-state index is 13.5. The van der Waals surface area contributed by atoms with Crippen LogP contribution in [0.1, 0.15) is 34.6 Å². The second-order valence-corrected chi connectivity index (χ2v) is 33.8. The number of carboxylic acids is 1. The van der Waals surface area contributed by atoms with Gasteiger partial charge in [0.2, 0.25) is 23.6 Å². The first-order valence-corrected chi connectivity index (χ1v) is 42.5. The van der Waals surface area contributed by atoms with Crippen LogP contribution in [0.4, 0.5) is 0 Å². The Morgan fingerprint density at radius 3 is 0.970 bits per heavy atom. The van der Waals surface area contributed by atoms with Crippen molar-refractivity contribution >= 4 is 29.6 Å². The van der Waals surface area contributed by atoms with E-state index in [9.17, 15) is 177 Å². The number of hydrogen-bond donors (Lipinski definition) is 34. The van der Waals surface area contributed by atoms with Crippen LogP contribution < -0.4 is 21.3 Å². The Balaban J connectivity index is 0.981. The molecule has 60 nitrogen and oxygen atoms in total. The SMILES string of the molecule is CC(=O)N[C@@H]1[C@@H](O)[C@H](O[C@H]2O[C@H](CO)[C@@H](O[C@H]3O[C@H](CO[C@H]4O[C@H](CO)[C@@H](O)[C@H](O[C@H]5O[C@H](CO)[C@@H](O)[C@H](O)[C@@H]5O)[C@@H]4O)[C@@H](O[C@@H]4O[C@H](CO)[C@@H](O)[C@H](O)[C@H]4NC(C)=O)[C@H](O[C@H]4O[C@H](CO)[C@@H](O)[C@H](O)[C@@H]4O[C@H]4O[C@H](CO)[C@@H](O[C@H]5O[C@H](CO)[C@H](O)[C@H](O[C@@H]6O[C@H](C(=O)O)[C@@H](O)[C@H](O)[C@H]6O)[C@@H]5O)[C@H](O)[C@H]4NC(C)=O)[C@@H]3O)[C@H](O)[C@H]2NC(C)=O)[C@@H](CO[C@H]2O[C@H](C)[C@H](O)[C@H](O)[C@H]2O)O[C@@H]1O. The zero-order valence-electron chi connectivity index (χ0n) is 71.6. The third-order valence-electron chi connectivity index (χ3n) is 24.5. The van der Waals surface area contributed by atoms with Crippen LogP contribution in [0.15, 0.2) is 0 Å². The Bertz CT molecular complexity index is 3720. The van der Waals surface area contributed by atoms with Crippen molar-refractivity contribution in [2.45, 2.75) is 372 Å². The Morgan fingerprint density at radius 2 is 0.515 bits per heavy atom. The zero-order chi connectivity index (χ0) is 98.7. The van der Waals surface area contributed by atoms with Gasteiger partial charge in [0, 0.05) is 27.7 Å². The number of rotatable bonds is 34. The van der Waals surface area contributed by atoms with E-state index < -0.39 is 427 Å². The van der Waals surface area contributed by atoms with Crippen molar-refractivity contribution in [2.75, 3.05) is 59.5 Å². The van der Waals surface area contributed by atoms with Crippen LogP contribution in [-0.4, -0.2) is 580 Å². The summed E-state index contributed by atoms with van der Waals surface area (Å²) < 4.78 is 126. The van der Waals surface area contributed by atoms with Gasteiger partial charge in [-0.05, 0) is 6.92 Å². The van der Waals surface area contributed by atoms with E-state index in [4.69, 9.17) is 99.5 Å². The molecule has 134 heavy (non-hydrogen) atoms. The van der Waals surface area contributed by atoms with Crippen molar-refractivity contribution < 1.29 is 277 Å². The van der Waals surface area contributed by atoms with Gasteiger partial charge in [-0.3, -0.25) is 19.2 Å². The summed E-state index contributed by atoms with van der Waals surface area (Å²) in [6, 6.07) is -8.16. The second kappa shape index (κ2) is 47.5. The van der Waals surface area contributed by atoms with Gasteiger partial charge in [0.15, 0.2) is 75.3 Å². The molecular weight excluding hydrogens is 1840 g/mol. The van der Waals surface area contributed by atoms with Crippen molar-refractivity contribution in [3.63, 3.8) is 0 Å². The molecule has 11 aliphatic heterocycles. The standard InChI is InChI=1S/C74H122N4O56/c1-15-33(90)43(100)48(105)68(116-15)114-13-27-56(40(97)29(64(113)117-27)75-16(2)86)126-66-31(77-18(4)88)41(98)55(25(11-84)123-66)128-73-53(110)60(57(129-65-30(76-17(3)87)39(96)34(91)20(6-79)118-65)28(125-73)14-115-69-51(108)58(37(94)23(9-82)119-69)130-70-49(106)44(101)35(92)21(7-80)120-70)132-74-62(46(103)36(93)22(8-81)122-74)134-67-32(78-19(5)89)42(99)54(26(12-85)124-67)127-72-52(109)59(38(95)24(10-83)121-72)131-71-50(107)45(102)47(104)61(133-71)63(111)112/h15,20-62,64-74,79-85,90-110,113H,6-14H2,1-5H3,(H,75,86)(H,76,87)(H,77,88)(H,78,89)(H,111,112)/t15-,20-,21-,22-,23-,24-,25-,26-,27-,28-,29-,30-,31-,32-,33+,34-,35-,36-,37-,38+,39-,40-,41-,42-,43+,44+,45+,46+,47+,48-,49+,50-,51+,52+,53+,54-,55-,56-,57-,58+,59+,60-,61+,62+,64+,65+,66-,67-,68+,69+,70-,71-,72-,73-,74-/m1/s1. The molecule has 0 spiro atoms. The lowest BCUT2D eigenvalue weighted by atomic mass is 9.93. The number of aliphatic carboxylic acids is 1. The summed E-state index contributed by atoms with van der Waals surface area (Å²) in [5.41, 5.74) is 0. The number of ether oxygens (including phenoxy) is 21. The molecule has 0 aliphatic carbocycles. The highest BCUT2D eigenvalue weighted by atomic mass is 16.8. The van der Waals surface area contributed by atoms with Gasteiger partial charge in [-0.2, -0.15) is 0 Å². The molecule has 55 atom stereocenters. The molecule has 11 aliphatic rings. The molecule has 11 fully saturated rings. The number of aliphatic hydroxyl groups excluding tert-OH is 29. The molecule has 0 radical (unpaired) electrons. The van der Waals surface area contributed by atoms with E-state index in [0.29, 0.717) is 0 Å². The molecule has 11 rings (SSSR count). The molecule has 0 bridgehead atoms. The summed E-state index contributed by atoms with van der Waals surface area (Å²) in [7, 11) is 0. The molecule has 0 unspecified atom stereocenters. The van der Waals surface area contributed by atoms with Gasteiger partial charge in [0.25, 0.3) is 0 Å². The van der Waals surface area contributed by atoms with Crippen LogP contribution in [0.25, 0.3) is 0 Å². The van der Waals surface area contributed by atoms with E-state index >= 15 is 0 Å². The number of carbonyl (C=O) groups excluding carboxylic acids is 4. The lowest BCUT2D eigenvalue weighted by molar-refractivity contribution is -0.409. The van der Waals surface area contributed by atoms with E-state index in [1.807, 2.05) is 0 Å². The van der Waals surface area contributed by atoms with Crippen LogP contribution in [0, 0.1) is 0 Å². The highest BCUT2D eigenvalue weighted by Gasteiger charge is 2.63. The van der Waals surface area contributed by atoms with Gasteiger partial charge >= 0.3 is 5.97 Å². The predicted octanol–water partition coefficient (Wildman–Crippen LogP) is -23.3. The van der Waals surface area contributed by atoms with Crippen LogP contribution in [0.2, 0.25) is 0 Å². The number of carboxylic acid groups (broad SMARTS) is 1. The van der Waals surface area contributed by atoms with E-state index in [1.54, 1.807) is 0 Å². The van der Waals surface area contributed by atoms with Gasteiger partial charge < -0.3 is 274 Å². The average Bonchev–Trinajstić information content (AvgIpc) is 0.755. The number of amides is 4. The first-order chi connectivity index (χ1) is 63.3. The fraction of sp³-hybridized carbons (Fsp3) is 0.932. The average molecular weight is 1960 g/mol. The third kappa shape index (κ3) is 24.0. The highest BCUT2D eigenvalue weighted by Crippen LogP contribution is 2.42. The number of nitrogens with one attached hydrogen (secondary N) is 4. The predicted molar refractivity (Wildman–Crippen MR) is 408 cm³/mol. The van der Waals surface area contributed by atoms with Crippen molar-refractivity contribution in [1.29, 1.82) is 0 Å². The third-order valence-corrected chi connectivity index (χ3v) is 24.5. The topological polar surface area (TPSA) is 934 Å². The van der Waals surface area contributed by atoms with Crippen molar-refractivity contribution in [1.82, 2.24) is 21.3 Å². The molecule has 0 saturated carbocycles. The first kappa shape index (κ1) is 110. The van der Waals surface area contributed by atoms with Crippen molar-refractivity contribution in [3.05, 3.63) is 0 Å². The van der Waals surface area contributed by atoms with Gasteiger partial charge in [0.1, 0.15) is 256 Å². The summed E-state index contributed by atoms with van der Waals surface area (Å²) in [5, 5.41) is 346. The van der Waals surface area contributed by atoms with Crippen LogP contribution in [0.3, 0.4) is 0 Å². The lowest BCUT2D eigenvalue weighted by Gasteiger charge is -2.52. The minimum Gasteiger partial charge on any atom is -0.479 e.